The van der Waals surface area contributed by atoms with E-state index in [0.717, 1.165) is 12.8 Å². The van der Waals surface area contributed by atoms with E-state index < -0.39 is 0 Å². The maximum absolute atomic E-state index is 10.4. The molecule has 53 valence electrons. The highest BCUT2D eigenvalue weighted by Crippen LogP contribution is 1.89. The van der Waals surface area contributed by atoms with E-state index in [4.69, 9.17) is 4.74 Å². The summed E-state index contributed by atoms with van der Waals surface area (Å²) in [6.45, 7) is 5.99. The van der Waals surface area contributed by atoms with Crippen molar-refractivity contribution in [3.8, 4) is 0 Å². The molecule has 2 heteroatoms. The summed E-state index contributed by atoms with van der Waals surface area (Å²) in [6, 6.07) is 0. The molecule has 0 aliphatic heterocycles. The van der Waals surface area contributed by atoms with Crippen LogP contribution >= 0.6 is 0 Å². The Balaban J connectivity index is 2.97. The standard InChI is InChI=1S/C7H13O2/c1-3-5-6-9-7(8)4-2/h2-6H2,1H3. The molecule has 0 bridgehead atoms. The van der Waals surface area contributed by atoms with E-state index in [9.17, 15) is 4.79 Å². The minimum absolute atomic E-state index is 0.205. The zero-order valence-electron chi connectivity index (χ0n) is 5.85. The maximum Gasteiger partial charge on any atom is 0.305 e. The third-order valence-corrected chi connectivity index (χ3v) is 0.965. The number of esters is 1. The highest BCUT2D eigenvalue weighted by Gasteiger charge is 1.94. The Bertz CT molecular complexity index is 79.0. The van der Waals surface area contributed by atoms with Crippen molar-refractivity contribution in [1.29, 1.82) is 0 Å². The van der Waals surface area contributed by atoms with Crippen molar-refractivity contribution in [2.75, 3.05) is 6.61 Å². The predicted molar refractivity (Wildman–Crippen MR) is 35.8 cm³/mol. The molecule has 1 radical (unpaired) electrons. The van der Waals surface area contributed by atoms with E-state index in [0.29, 0.717) is 6.61 Å². The molecule has 0 aliphatic carbocycles. The van der Waals surface area contributed by atoms with Gasteiger partial charge in [0.05, 0.1) is 6.61 Å². The lowest BCUT2D eigenvalue weighted by Crippen LogP contribution is -2.03. The summed E-state index contributed by atoms with van der Waals surface area (Å²) in [5.41, 5.74) is 0. The molecular weight excluding hydrogens is 116 g/mol. The Morgan fingerprint density at radius 3 is 2.78 bits per heavy atom. The van der Waals surface area contributed by atoms with Crippen LogP contribution in [0.25, 0.3) is 0 Å². The number of carbonyl (C=O) groups excluding carboxylic acids is 1. The quantitative estimate of drug-likeness (QED) is 0.425. The number of hydrogen-bond donors (Lipinski definition) is 0. The van der Waals surface area contributed by atoms with Crippen molar-refractivity contribution in [3.05, 3.63) is 6.92 Å². The SMILES string of the molecule is [CH2]CC(=O)OCCCC. The van der Waals surface area contributed by atoms with Crippen LogP contribution in [0.15, 0.2) is 0 Å². The molecule has 0 heterocycles. The Morgan fingerprint density at radius 2 is 2.33 bits per heavy atom. The summed E-state index contributed by atoms with van der Waals surface area (Å²) in [5, 5.41) is 0. The molecule has 0 N–H and O–H groups in total. The summed E-state index contributed by atoms with van der Waals surface area (Å²) in [6.07, 6.45) is 2.25. The van der Waals surface area contributed by atoms with Crippen LogP contribution in [0.5, 0.6) is 0 Å². The zero-order chi connectivity index (χ0) is 7.11. The molecule has 0 aromatic carbocycles. The van der Waals surface area contributed by atoms with Crippen molar-refractivity contribution in [2.24, 2.45) is 0 Å². The molecule has 0 saturated carbocycles. The fourth-order valence-corrected chi connectivity index (χ4v) is 0.403. The maximum atomic E-state index is 10.4. The highest BCUT2D eigenvalue weighted by molar-refractivity contribution is 5.69. The molecule has 0 aliphatic rings. The number of carbonyl (C=O) groups is 1. The zero-order valence-corrected chi connectivity index (χ0v) is 5.85. The second-order valence-electron chi connectivity index (χ2n) is 1.82. The van der Waals surface area contributed by atoms with E-state index in [1.165, 1.54) is 0 Å². The molecule has 0 rings (SSSR count). The predicted octanol–water partition coefficient (Wildman–Crippen LogP) is 1.55. The van der Waals surface area contributed by atoms with Crippen LogP contribution in [-0.4, -0.2) is 12.6 Å². The summed E-state index contributed by atoms with van der Waals surface area (Å²) in [7, 11) is 0. The van der Waals surface area contributed by atoms with Crippen molar-refractivity contribution in [2.45, 2.75) is 26.2 Å². The van der Waals surface area contributed by atoms with Crippen LogP contribution in [0, 0.1) is 6.92 Å². The molecular formula is C7H13O2. The molecule has 0 spiro atoms. The molecule has 2 nitrogen and oxygen atoms in total. The summed E-state index contributed by atoms with van der Waals surface area (Å²) in [5.74, 6) is -0.205. The first-order chi connectivity index (χ1) is 4.31. The van der Waals surface area contributed by atoms with Gasteiger partial charge in [0.25, 0.3) is 0 Å². The van der Waals surface area contributed by atoms with E-state index in [1.807, 2.05) is 0 Å². The third kappa shape index (κ3) is 5.34. The van der Waals surface area contributed by atoms with Gasteiger partial charge in [0.2, 0.25) is 0 Å². The fraction of sp³-hybridized carbons (Fsp3) is 0.714. The molecule has 0 aromatic heterocycles. The van der Waals surface area contributed by atoms with Gasteiger partial charge >= 0.3 is 5.97 Å². The number of ether oxygens (including phenoxy) is 1. The Morgan fingerprint density at radius 1 is 1.67 bits per heavy atom. The second kappa shape index (κ2) is 5.60. The van der Waals surface area contributed by atoms with Gasteiger partial charge in [0, 0.05) is 6.42 Å². The van der Waals surface area contributed by atoms with Crippen LogP contribution in [0.1, 0.15) is 26.2 Å². The highest BCUT2D eigenvalue weighted by atomic mass is 16.5. The van der Waals surface area contributed by atoms with E-state index in [2.05, 4.69) is 13.8 Å². The molecule has 0 amide bonds. The van der Waals surface area contributed by atoms with Gasteiger partial charge in [0.15, 0.2) is 0 Å². The first kappa shape index (κ1) is 8.47. The summed E-state index contributed by atoms with van der Waals surface area (Å²) >= 11 is 0. The van der Waals surface area contributed by atoms with Crippen LogP contribution in [0.3, 0.4) is 0 Å². The molecule has 9 heavy (non-hydrogen) atoms. The number of unbranched alkanes of at least 4 members (excludes halogenated alkanes) is 1. The van der Waals surface area contributed by atoms with Gasteiger partial charge in [-0.25, -0.2) is 0 Å². The second-order valence-corrected chi connectivity index (χ2v) is 1.82. The van der Waals surface area contributed by atoms with Gasteiger partial charge < -0.3 is 4.74 Å². The normalized spacial score (nSPS) is 9.11. The van der Waals surface area contributed by atoms with Crippen LogP contribution in [0.4, 0.5) is 0 Å². The van der Waals surface area contributed by atoms with Crippen molar-refractivity contribution < 1.29 is 9.53 Å². The van der Waals surface area contributed by atoms with Gasteiger partial charge in [0.1, 0.15) is 0 Å². The van der Waals surface area contributed by atoms with Gasteiger partial charge in [-0.2, -0.15) is 0 Å². The first-order valence-corrected chi connectivity index (χ1v) is 3.26. The molecule has 0 aromatic rings. The van der Waals surface area contributed by atoms with Gasteiger partial charge in [-0.3, -0.25) is 4.79 Å². The Kier molecular flexibility index (Phi) is 5.27. The smallest absolute Gasteiger partial charge is 0.305 e. The number of rotatable bonds is 4. The topological polar surface area (TPSA) is 26.3 Å². The van der Waals surface area contributed by atoms with Crippen LogP contribution < -0.4 is 0 Å². The minimum atomic E-state index is -0.205. The number of hydrogen-bond acceptors (Lipinski definition) is 2. The average Bonchev–Trinajstić information content (AvgIpc) is 1.89. The van der Waals surface area contributed by atoms with E-state index in [-0.39, 0.29) is 12.4 Å². The van der Waals surface area contributed by atoms with Gasteiger partial charge in [-0.1, -0.05) is 13.3 Å². The monoisotopic (exact) mass is 129 g/mol. The fourth-order valence-electron chi connectivity index (χ4n) is 0.403. The molecule has 0 fully saturated rings. The van der Waals surface area contributed by atoms with Gasteiger partial charge in [-0.15, -0.1) is 0 Å². The Hall–Kier alpha value is -0.530. The van der Waals surface area contributed by atoms with Crippen LogP contribution in [-0.2, 0) is 9.53 Å². The Labute approximate surface area is 56.2 Å². The average molecular weight is 129 g/mol. The van der Waals surface area contributed by atoms with E-state index >= 15 is 0 Å². The summed E-state index contributed by atoms with van der Waals surface area (Å²) < 4.78 is 4.73. The van der Waals surface area contributed by atoms with E-state index in [1.54, 1.807) is 0 Å². The lowest BCUT2D eigenvalue weighted by Gasteiger charge is -1.99. The largest absolute Gasteiger partial charge is 0.466 e. The molecule has 0 unspecified atom stereocenters. The van der Waals surface area contributed by atoms with Gasteiger partial charge in [-0.05, 0) is 13.3 Å². The molecule has 0 atom stereocenters. The minimum Gasteiger partial charge on any atom is -0.466 e. The van der Waals surface area contributed by atoms with Crippen molar-refractivity contribution in [1.82, 2.24) is 0 Å². The van der Waals surface area contributed by atoms with Crippen molar-refractivity contribution >= 4 is 5.97 Å². The summed E-state index contributed by atoms with van der Waals surface area (Å²) in [4.78, 5) is 10.4. The molecule has 0 saturated heterocycles. The van der Waals surface area contributed by atoms with Crippen molar-refractivity contribution in [3.63, 3.8) is 0 Å². The van der Waals surface area contributed by atoms with Crippen LogP contribution in [0.2, 0.25) is 0 Å². The lowest BCUT2D eigenvalue weighted by molar-refractivity contribution is -0.142. The lowest BCUT2D eigenvalue weighted by atomic mass is 10.4. The first-order valence-electron chi connectivity index (χ1n) is 3.26. The third-order valence-electron chi connectivity index (χ3n) is 0.965.